The third-order valence-electron chi connectivity index (χ3n) is 7.85. The summed E-state index contributed by atoms with van der Waals surface area (Å²) in [6, 6.07) is 8.96. The normalized spacial score (nSPS) is 22.9. The molecule has 2 N–H and O–H groups in total. The van der Waals surface area contributed by atoms with E-state index in [0.29, 0.717) is 12.0 Å². The summed E-state index contributed by atoms with van der Waals surface area (Å²) in [6.07, 6.45) is 8.16. The number of hydrogen-bond acceptors (Lipinski definition) is 5. The van der Waals surface area contributed by atoms with Crippen LogP contribution < -0.4 is 5.32 Å². The largest absolute Gasteiger partial charge is 0.382 e. The third kappa shape index (κ3) is 4.72. The van der Waals surface area contributed by atoms with E-state index in [-0.39, 0.29) is 12.1 Å². The Morgan fingerprint density at radius 1 is 1.14 bits per heavy atom. The van der Waals surface area contributed by atoms with Gasteiger partial charge in [0, 0.05) is 34.9 Å². The van der Waals surface area contributed by atoms with E-state index in [2.05, 4.69) is 40.4 Å². The number of anilines is 1. The molecule has 3 unspecified atom stereocenters. The Kier molecular flexibility index (Phi) is 6.51. The minimum Gasteiger partial charge on any atom is -0.382 e. The van der Waals surface area contributed by atoms with Crippen molar-refractivity contribution in [2.45, 2.75) is 64.3 Å². The van der Waals surface area contributed by atoms with Crippen LogP contribution in [0, 0.1) is 23.5 Å². The van der Waals surface area contributed by atoms with E-state index in [9.17, 15) is 13.9 Å². The van der Waals surface area contributed by atoms with Crippen molar-refractivity contribution < 1.29 is 13.9 Å². The van der Waals surface area contributed by atoms with Crippen LogP contribution in [0.1, 0.15) is 51.6 Å². The van der Waals surface area contributed by atoms with Gasteiger partial charge in [-0.3, -0.25) is 4.68 Å². The van der Waals surface area contributed by atoms with Gasteiger partial charge in [0.05, 0.1) is 18.1 Å². The van der Waals surface area contributed by atoms with Crippen LogP contribution in [0.4, 0.5) is 14.5 Å². The first-order valence-corrected chi connectivity index (χ1v) is 12.5. The molecule has 0 aliphatic heterocycles. The lowest BCUT2D eigenvalue weighted by molar-refractivity contribution is -0.0366. The lowest BCUT2D eigenvalue weighted by Crippen LogP contribution is -2.40. The van der Waals surface area contributed by atoms with Gasteiger partial charge in [-0.25, -0.2) is 18.4 Å². The number of halogens is 2. The molecule has 2 aromatic heterocycles. The highest BCUT2D eigenvalue weighted by Gasteiger charge is 2.41. The van der Waals surface area contributed by atoms with Gasteiger partial charge in [-0.2, -0.15) is 10.2 Å². The number of hydrogen-bond donors (Lipinski definition) is 2. The SMILES string of the molecule is CC1CCC(Nc2ccc3nn([C@H](C)[C@](O)(Cn4cncn4)c4ccc(F)cc4F)cc3c2)CC1C. The third-order valence-corrected chi connectivity index (χ3v) is 7.85. The highest BCUT2D eigenvalue weighted by molar-refractivity contribution is 5.82. The number of nitrogens with zero attached hydrogens (tertiary/aromatic N) is 5. The molecule has 9 heteroatoms. The van der Waals surface area contributed by atoms with Gasteiger partial charge >= 0.3 is 0 Å². The van der Waals surface area contributed by atoms with Crippen molar-refractivity contribution in [1.29, 1.82) is 0 Å². The fraction of sp³-hybridized carbons (Fsp3) is 0.444. The smallest absolute Gasteiger partial charge is 0.137 e. The minimum atomic E-state index is -1.77. The molecule has 1 aliphatic rings. The summed E-state index contributed by atoms with van der Waals surface area (Å²) < 4.78 is 31.6. The Bertz CT molecular complexity index is 1340. The van der Waals surface area contributed by atoms with E-state index in [1.54, 1.807) is 11.6 Å². The van der Waals surface area contributed by atoms with Crippen molar-refractivity contribution in [2.75, 3.05) is 5.32 Å². The summed E-state index contributed by atoms with van der Waals surface area (Å²) in [5, 5.41) is 25.2. The fourth-order valence-corrected chi connectivity index (χ4v) is 5.31. The first-order chi connectivity index (χ1) is 17.2. The van der Waals surface area contributed by atoms with Crippen molar-refractivity contribution in [3.63, 3.8) is 0 Å². The van der Waals surface area contributed by atoms with E-state index in [1.165, 1.54) is 29.8 Å². The van der Waals surface area contributed by atoms with Crippen LogP contribution in [-0.2, 0) is 12.1 Å². The van der Waals surface area contributed by atoms with Crippen molar-refractivity contribution in [3.8, 4) is 0 Å². The highest BCUT2D eigenvalue weighted by Crippen LogP contribution is 2.37. The van der Waals surface area contributed by atoms with E-state index in [4.69, 9.17) is 0 Å². The first-order valence-electron chi connectivity index (χ1n) is 12.5. The van der Waals surface area contributed by atoms with Gasteiger partial charge in [-0.05, 0) is 62.3 Å². The van der Waals surface area contributed by atoms with Crippen LogP contribution in [0.25, 0.3) is 10.9 Å². The summed E-state index contributed by atoms with van der Waals surface area (Å²) in [4.78, 5) is 3.93. The molecular weight excluding hydrogens is 462 g/mol. The molecule has 1 aliphatic carbocycles. The molecule has 36 heavy (non-hydrogen) atoms. The second-order valence-corrected chi connectivity index (χ2v) is 10.3. The van der Waals surface area contributed by atoms with Crippen LogP contribution in [0.2, 0.25) is 0 Å². The molecule has 0 bridgehead atoms. The molecule has 1 fully saturated rings. The van der Waals surface area contributed by atoms with Crippen molar-refractivity contribution >= 4 is 16.6 Å². The van der Waals surface area contributed by atoms with Gasteiger partial charge in [-0.15, -0.1) is 0 Å². The van der Waals surface area contributed by atoms with Gasteiger partial charge in [0.1, 0.15) is 29.9 Å². The first kappa shape index (κ1) is 24.4. The number of aliphatic hydroxyl groups is 1. The lowest BCUT2D eigenvalue weighted by Gasteiger charge is -2.34. The van der Waals surface area contributed by atoms with Crippen LogP contribution in [0.5, 0.6) is 0 Å². The van der Waals surface area contributed by atoms with Gasteiger partial charge in [0.25, 0.3) is 0 Å². The molecule has 7 nitrogen and oxygen atoms in total. The van der Waals surface area contributed by atoms with Gasteiger partial charge in [0.15, 0.2) is 0 Å². The number of benzene rings is 2. The maximum atomic E-state index is 14.9. The zero-order chi connectivity index (χ0) is 25.4. The van der Waals surface area contributed by atoms with Crippen LogP contribution in [0.15, 0.2) is 55.2 Å². The Morgan fingerprint density at radius 2 is 1.97 bits per heavy atom. The second kappa shape index (κ2) is 9.61. The number of fused-ring (bicyclic) bond motifs is 1. The second-order valence-electron chi connectivity index (χ2n) is 10.3. The monoisotopic (exact) mass is 494 g/mol. The minimum absolute atomic E-state index is 0.0329. The molecule has 0 radical (unpaired) electrons. The van der Waals surface area contributed by atoms with Gasteiger partial charge < -0.3 is 10.4 Å². The van der Waals surface area contributed by atoms with E-state index < -0.39 is 23.3 Å². The molecule has 2 heterocycles. The van der Waals surface area contributed by atoms with Crippen molar-refractivity contribution in [2.24, 2.45) is 11.8 Å². The van der Waals surface area contributed by atoms with Crippen LogP contribution >= 0.6 is 0 Å². The van der Waals surface area contributed by atoms with Crippen molar-refractivity contribution in [1.82, 2.24) is 24.5 Å². The quantitative estimate of drug-likeness (QED) is 0.365. The fourth-order valence-electron chi connectivity index (χ4n) is 5.31. The molecule has 0 spiro atoms. The molecule has 0 amide bonds. The molecule has 5 rings (SSSR count). The molecule has 2 aromatic carbocycles. The lowest BCUT2D eigenvalue weighted by atomic mass is 9.79. The van der Waals surface area contributed by atoms with E-state index in [1.807, 2.05) is 18.3 Å². The standard InChI is InChI=1S/C27H32F2N6O/c1-17-4-6-22(10-18(17)2)32-23-7-9-26-20(11-23)13-35(33-26)19(3)27(36,14-34-16-30-15-31-34)24-8-5-21(28)12-25(24)29/h5,7-9,11-13,15-19,22,32,36H,4,6,10,14H2,1-3H3/t17?,18?,19-,22?,27-/m1/s1. The Balaban J connectivity index is 1.45. The highest BCUT2D eigenvalue weighted by atomic mass is 19.1. The molecule has 0 saturated heterocycles. The average molecular weight is 495 g/mol. The average Bonchev–Trinajstić information content (AvgIpc) is 3.50. The maximum Gasteiger partial charge on any atom is 0.137 e. The molecule has 190 valence electrons. The van der Waals surface area contributed by atoms with Crippen molar-refractivity contribution in [3.05, 3.63) is 72.4 Å². The number of aromatic nitrogens is 5. The van der Waals surface area contributed by atoms with Gasteiger partial charge in [0.2, 0.25) is 0 Å². The van der Waals surface area contributed by atoms with Gasteiger partial charge in [-0.1, -0.05) is 19.9 Å². The number of nitrogens with one attached hydrogen (secondary N) is 1. The Hall–Kier alpha value is -3.33. The maximum absolute atomic E-state index is 14.9. The topological polar surface area (TPSA) is 80.8 Å². The Morgan fingerprint density at radius 3 is 2.69 bits per heavy atom. The Labute approximate surface area is 209 Å². The summed E-state index contributed by atoms with van der Waals surface area (Å²) in [5.41, 5.74) is -0.0112. The van der Waals surface area contributed by atoms with E-state index >= 15 is 0 Å². The molecule has 4 aromatic rings. The molecule has 5 atom stereocenters. The van der Waals surface area contributed by atoms with E-state index in [0.717, 1.165) is 47.5 Å². The molecule has 1 saturated carbocycles. The summed E-state index contributed by atoms with van der Waals surface area (Å²) in [7, 11) is 0. The summed E-state index contributed by atoms with van der Waals surface area (Å²) in [5.74, 6) is -0.0899. The molecular formula is C27H32F2N6O. The predicted octanol–water partition coefficient (Wildman–Crippen LogP) is 5.29. The zero-order valence-electron chi connectivity index (χ0n) is 20.8. The number of rotatable bonds is 7. The van der Waals surface area contributed by atoms with Crippen LogP contribution in [-0.4, -0.2) is 35.7 Å². The summed E-state index contributed by atoms with van der Waals surface area (Å²) in [6.45, 7) is 6.31. The van der Waals surface area contributed by atoms with Crippen LogP contribution in [0.3, 0.4) is 0 Å². The predicted molar refractivity (Wildman–Crippen MR) is 134 cm³/mol. The zero-order valence-corrected chi connectivity index (χ0v) is 20.8. The summed E-state index contributed by atoms with van der Waals surface area (Å²) >= 11 is 0.